The van der Waals surface area contributed by atoms with Gasteiger partial charge in [-0.05, 0) is 24.3 Å². The Morgan fingerprint density at radius 1 is 1.33 bits per heavy atom. The Hall–Kier alpha value is -2.97. The van der Waals surface area contributed by atoms with Gasteiger partial charge in [-0.2, -0.15) is 0 Å². The van der Waals surface area contributed by atoms with Crippen LogP contribution in [0.1, 0.15) is 18.2 Å². The molecule has 1 atom stereocenters. The molecule has 27 heavy (non-hydrogen) atoms. The second kappa shape index (κ2) is 6.98. The molecule has 1 aromatic heterocycles. The Bertz CT molecular complexity index is 1070. The van der Waals surface area contributed by atoms with Crippen LogP contribution in [0.25, 0.3) is 11.0 Å². The van der Waals surface area contributed by atoms with Gasteiger partial charge in [0.25, 0.3) is 0 Å². The van der Waals surface area contributed by atoms with Crippen molar-refractivity contribution in [2.75, 3.05) is 18.6 Å². The molecule has 6 heteroatoms. The molecule has 136 valence electrons. The largest absolute Gasteiger partial charge is 0.497 e. The number of rotatable bonds is 4. The SMILES string of the molecule is C#CCn1c(C2CC(=O)N(c3cc(OC)ccc3Cl)C2)nc2ccccc21. The molecular formula is C21H18ClN3O2. The standard InChI is InChI=1S/C21H18ClN3O2/c1-3-10-24-18-7-5-4-6-17(18)23-21(24)14-11-20(26)25(13-14)19-12-15(27-2)8-9-16(19)22/h1,4-9,12,14H,10-11,13H2,2H3. The van der Waals surface area contributed by atoms with Crippen molar-refractivity contribution in [2.24, 2.45) is 0 Å². The molecule has 5 nitrogen and oxygen atoms in total. The first-order valence-electron chi connectivity index (χ1n) is 8.65. The average molecular weight is 380 g/mol. The van der Waals surface area contributed by atoms with Gasteiger partial charge in [0.1, 0.15) is 11.6 Å². The van der Waals surface area contributed by atoms with Gasteiger partial charge in [-0.25, -0.2) is 4.98 Å². The Morgan fingerprint density at radius 2 is 2.15 bits per heavy atom. The first kappa shape index (κ1) is 17.4. The van der Waals surface area contributed by atoms with E-state index in [1.165, 1.54) is 0 Å². The first-order valence-corrected chi connectivity index (χ1v) is 9.02. The zero-order chi connectivity index (χ0) is 19.0. The van der Waals surface area contributed by atoms with Crippen molar-refractivity contribution >= 4 is 34.2 Å². The number of carbonyl (C=O) groups is 1. The van der Waals surface area contributed by atoms with Gasteiger partial charge in [0.15, 0.2) is 0 Å². The molecule has 0 aliphatic carbocycles. The average Bonchev–Trinajstić information content (AvgIpc) is 3.23. The number of fused-ring (bicyclic) bond motifs is 1. The highest BCUT2D eigenvalue weighted by Gasteiger charge is 2.35. The summed E-state index contributed by atoms with van der Waals surface area (Å²) in [5.41, 5.74) is 2.52. The van der Waals surface area contributed by atoms with E-state index in [0.29, 0.717) is 36.0 Å². The monoisotopic (exact) mass is 379 g/mol. The molecule has 0 bridgehead atoms. The molecule has 3 aromatic rings. The topological polar surface area (TPSA) is 47.4 Å². The van der Waals surface area contributed by atoms with Gasteiger partial charge in [0.2, 0.25) is 5.91 Å². The highest BCUT2D eigenvalue weighted by atomic mass is 35.5. The maximum Gasteiger partial charge on any atom is 0.227 e. The number of carbonyl (C=O) groups excluding carboxylic acids is 1. The normalized spacial score (nSPS) is 16.7. The summed E-state index contributed by atoms with van der Waals surface area (Å²) in [7, 11) is 1.59. The molecule has 1 amide bonds. The lowest BCUT2D eigenvalue weighted by Gasteiger charge is -2.19. The van der Waals surface area contributed by atoms with Crippen LogP contribution in [0.3, 0.4) is 0 Å². The molecule has 0 radical (unpaired) electrons. The van der Waals surface area contributed by atoms with Crippen LogP contribution in [0.15, 0.2) is 42.5 Å². The number of ether oxygens (including phenoxy) is 1. The number of hydrogen-bond acceptors (Lipinski definition) is 3. The Morgan fingerprint density at radius 3 is 2.93 bits per heavy atom. The maximum atomic E-state index is 12.7. The number of anilines is 1. The predicted molar refractivity (Wildman–Crippen MR) is 106 cm³/mol. The molecular weight excluding hydrogens is 362 g/mol. The van der Waals surface area contributed by atoms with E-state index in [1.807, 2.05) is 28.8 Å². The number of imidazole rings is 1. The van der Waals surface area contributed by atoms with Crippen molar-refractivity contribution in [1.29, 1.82) is 0 Å². The number of aromatic nitrogens is 2. The van der Waals surface area contributed by atoms with Crippen molar-refractivity contribution < 1.29 is 9.53 Å². The number of terminal acetylenes is 1. The van der Waals surface area contributed by atoms with Gasteiger partial charge in [0, 0.05) is 24.9 Å². The summed E-state index contributed by atoms with van der Waals surface area (Å²) in [5, 5.41) is 0.516. The van der Waals surface area contributed by atoms with Crippen LogP contribution in [-0.4, -0.2) is 29.1 Å². The third-order valence-corrected chi connectivity index (χ3v) is 5.19. The van der Waals surface area contributed by atoms with Gasteiger partial charge in [0.05, 0.1) is 35.4 Å². The summed E-state index contributed by atoms with van der Waals surface area (Å²) in [6, 6.07) is 13.2. The smallest absolute Gasteiger partial charge is 0.227 e. The Balaban J connectivity index is 1.72. The van der Waals surface area contributed by atoms with Gasteiger partial charge in [-0.3, -0.25) is 4.79 Å². The molecule has 0 N–H and O–H groups in total. The van der Waals surface area contributed by atoms with Gasteiger partial charge in [-0.1, -0.05) is 29.7 Å². The quantitative estimate of drug-likeness (QED) is 0.647. The van der Waals surface area contributed by atoms with Crippen LogP contribution in [0, 0.1) is 12.3 Å². The Labute approximate surface area is 162 Å². The first-order chi connectivity index (χ1) is 13.1. The van der Waals surface area contributed by atoms with E-state index in [4.69, 9.17) is 27.7 Å². The summed E-state index contributed by atoms with van der Waals surface area (Å²) in [5.74, 6) is 4.14. The number of methoxy groups -OCH3 is 1. The minimum Gasteiger partial charge on any atom is -0.497 e. The van der Waals surface area contributed by atoms with Crippen molar-refractivity contribution in [1.82, 2.24) is 9.55 Å². The minimum absolute atomic E-state index is 0.00877. The molecule has 1 fully saturated rings. The lowest BCUT2D eigenvalue weighted by atomic mass is 10.1. The van der Waals surface area contributed by atoms with Crippen LogP contribution in [-0.2, 0) is 11.3 Å². The van der Waals surface area contributed by atoms with E-state index in [0.717, 1.165) is 16.9 Å². The van der Waals surface area contributed by atoms with Gasteiger partial charge >= 0.3 is 0 Å². The molecule has 2 heterocycles. The lowest BCUT2D eigenvalue weighted by Crippen LogP contribution is -2.25. The number of amides is 1. The zero-order valence-electron chi connectivity index (χ0n) is 14.9. The van der Waals surface area contributed by atoms with E-state index < -0.39 is 0 Å². The second-order valence-electron chi connectivity index (χ2n) is 6.47. The fourth-order valence-electron chi connectivity index (χ4n) is 3.60. The van der Waals surface area contributed by atoms with Crippen molar-refractivity contribution in [3.8, 4) is 18.1 Å². The fraction of sp³-hybridized carbons (Fsp3) is 0.238. The van der Waals surface area contributed by atoms with Crippen LogP contribution in [0.4, 0.5) is 5.69 Å². The van der Waals surface area contributed by atoms with Gasteiger partial charge in [-0.15, -0.1) is 6.42 Å². The van der Waals surface area contributed by atoms with E-state index >= 15 is 0 Å². The molecule has 1 aliphatic heterocycles. The van der Waals surface area contributed by atoms with E-state index in [1.54, 1.807) is 30.2 Å². The van der Waals surface area contributed by atoms with Crippen molar-refractivity contribution in [3.05, 3.63) is 53.3 Å². The highest BCUT2D eigenvalue weighted by molar-refractivity contribution is 6.34. The fourth-order valence-corrected chi connectivity index (χ4v) is 3.82. The highest BCUT2D eigenvalue weighted by Crippen LogP contribution is 2.37. The molecule has 4 rings (SSSR count). The molecule has 0 spiro atoms. The summed E-state index contributed by atoms with van der Waals surface area (Å²) < 4.78 is 7.29. The number of benzene rings is 2. The third-order valence-electron chi connectivity index (χ3n) is 4.87. The van der Waals surface area contributed by atoms with Crippen LogP contribution < -0.4 is 9.64 Å². The van der Waals surface area contributed by atoms with Crippen molar-refractivity contribution in [2.45, 2.75) is 18.9 Å². The zero-order valence-corrected chi connectivity index (χ0v) is 15.6. The second-order valence-corrected chi connectivity index (χ2v) is 6.88. The van der Waals surface area contributed by atoms with Crippen molar-refractivity contribution in [3.63, 3.8) is 0 Å². The van der Waals surface area contributed by atoms with Crippen LogP contribution in [0.5, 0.6) is 5.75 Å². The number of para-hydroxylation sites is 2. The maximum absolute atomic E-state index is 12.7. The predicted octanol–water partition coefficient (Wildman–Crippen LogP) is 3.85. The van der Waals surface area contributed by atoms with E-state index in [9.17, 15) is 4.79 Å². The number of hydrogen-bond donors (Lipinski definition) is 0. The van der Waals surface area contributed by atoms with E-state index in [-0.39, 0.29) is 11.8 Å². The summed E-state index contributed by atoms with van der Waals surface area (Å²) in [6.07, 6.45) is 5.93. The van der Waals surface area contributed by atoms with Crippen LogP contribution in [0.2, 0.25) is 5.02 Å². The summed E-state index contributed by atoms with van der Waals surface area (Å²) in [4.78, 5) is 19.2. The van der Waals surface area contributed by atoms with E-state index in [2.05, 4.69) is 5.92 Å². The molecule has 2 aromatic carbocycles. The number of nitrogens with zero attached hydrogens (tertiary/aromatic N) is 3. The molecule has 1 unspecified atom stereocenters. The third kappa shape index (κ3) is 3.02. The molecule has 1 saturated heterocycles. The Kier molecular flexibility index (Phi) is 4.51. The number of halogens is 1. The molecule has 0 saturated carbocycles. The molecule has 1 aliphatic rings. The summed E-state index contributed by atoms with van der Waals surface area (Å²) in [6.45, 7) is 0.917. The summed E-state index contributed by atoms with van der Waals surface area (Å²) >= 11 is 6.34. The minimum atomic E-state index is -0.0551. The van der Waals surface area contributed by atoms with Gasteiger partial charge < -0.3 is 14.2 Å². The van der Waals surface area contributed by atoms with Crippen LogP contribution >= 0.6 is 11.6 Å². The lowest BCUT2D eigenvalue weighted by molar-refractivity contribution is -0.117.